The van der Waals surface area contributed by atoms with Gasteiger partial charge < -0.3 is 15.8 Å². The predicted molar refractivity (Wildman–Crippen MR) is 51.2 cm³/mol. The van der Waals surface area contributed by atoms with E-state index >= 15 is 0 Å². The fraction of sp³-hybridized carbons (Fsp3) is 0.600. The van der Waals surface area contributed by atoms with Gasteiger partial charge in [0.1, 0.15) is 5.60 Å². The molecule has 2 atom stereocenters. The highest BCUT2D eigenvalue weighted by atomic mass is 16.3. The molecule has 1 aliphatic rings. The van der Waals surface area contributed by atoms with Crippen LogP contribution in [0.3, 0.4) is 0 Å². The lowest BCUT2D eigenvalue weighted by molar-refractivity contribution is -0.0186. The van der Waals surface area contributed by atoms with Gasteiger partial charge in [0.25, 0.3) is 0 Å². The highest BCUT2D eigenvalue weighted by Gasteiger charge is 2.39. The molecule has 3 heteroatoms. The van der Waals surface area contributed by atoms with Crippen LogP contribution < -0.4 is 5.73 Å². The molecule has 0 saturated heterocycles. The van der Waals surface area contributed by atoms with E-state index in [1.54, 1.807) is 0 Å². The molecule has 0 bridgehead atoms. The second-order valence-electron chi connectivity index (χ2n) is 3.96. The number of rotatable bonds is 1. The molecule has 0 aromatic carbocycles. The van der Waals surface area contributed by atoms with Gasteiger partial charge in [-0.15, -0.1) is 0 Å². The number of aliphatic hydroxyl groups is 1. The second-order valence-corrected chi connectivity index (χ2v) is 3.96. The molecule has 1 aromatic rings. The molecule has 0 aliphatic heterocycles. The third kappa shape index (κ3) is 1.11. The van der Waals surface area contributed by atoms with Crippen LogP contribution in [0.1, 0.15) is 24.5 Å². The number of H-pyrrole nitrogens is 1. The van der Waals surface area contributed by atoms with Crippen LogP contribution in [0, 0.1) is 5.92 Å². The molecule has 0 saturated carbocycles. The Hall–Kier alpha value is -0.800. The van der Waals surface area contributed by atoms with Crippen molar-refractivity contribution in [2.45, 2.75) is 25.4 Å². The van der Waals surface area contributed by atoms with Crippen LogP contribution in [-0.4, -0.2) is 16.6 Å². The molecule has 1 aromatic heterocycles. The van der Waals surface area contributed by atoms with Crippen molar-refractivity contribution in [1.82, 2.24) is 4.98 Å². The summed E-state index contributed by atoms with van der Waals surface area (Å²) in [7, 11) is 0. The van der Waals surface area contributed by atoms with E-state index in [-0.39, 0.29) is 5.92 Å². The summed E-state index contributed by atoms with van der Waals surface area (Å²) in [5.41, 5.74) is 7.03. The number of hydrogen-bond acceptors (Lipinski definition) is 2. The van der Waals surface area contributed by atoms with Gasteiger partial charge in [0, 0.05) is 24.5 Å². The first-order valence-electron chi connectivity index (χ1n) is 4.77. The topological polar surface area (TPSA) is 62.0 Å². The second kappa shape index (κ2) is 2.86. The molecule has 0 radical (unpaired) electrons. The molecule has 0 amide bonds. The van der Waals surface area contributed by atoms with Crippen molar-refractivity contribution in [1.29, 1.82) is 0 Å². The average Bonchev–Trinajstić information content (AvgIpc) is 2.60. The van der Waals surface area contributed by atoms with E-state index in [1.807, 2.05) is 12.4 Å². The van der Waals surface area contributed by atoms with E-state index in [2.05, 4.69) is 11.9 Å². The predicted octanol–water partition coefficient (Wildman–Crippen LogP) is 0.743. The fourth-order valence-electron chi connectivity index (χ4n) is 2.19. The maximum atomic E-state index is 10.3. The Kier molecular flexibility index (Phi) is 1.93. The van der Waals surface area contributed by atoms with Crippen molar-refractivity contribution in [2.75, 3.05) is 6.54 Å². The van der Waals surface area contributed by atoms with E-state index in [0.717, 1.165) is 18.4 Å². The van der Waals surface area contributed by atoms with E-state index in [4.69, 9.17) is 5.73 Å². The van der Waals surface area contributed by atoms with Crippen LogP contribution >= 0.6 is 0 Å². The van der Waals surface area contributed by atoms with Crippen molar-refractivity contribution in [3.63, 3.8) is 0 Å². The van der Waals surface area contributed by atoms with Crippen molar-refractivity contribution in [3.8, 4) is 0 Å². The first-order valence-corrected chi connectivity index (χ1v) is 4.77. The SMILES string of the molecule is CC1CCc2c[nH]cc2C1(O)CN. The summed E-state index contributed by atoms with van der Waals surface area (Å²) in [4.78, 5) is 3.03. The van der Waals surface area contributed by atoms with Gasteiger partial charge in [-0.25, -0.2) is 0 Å². The lowest BCUT2D eigenvalue weighted by Gasteiger charge is -2.37. The Morgan fingerprint density at radius 1 is 1.69 bits per heavy atom. The van der Waals surface area contributed by atoms with Gasteiger partial charge in [0.15, 0.2) is 0 Å². The Morgan fingerprint density at radius 2 is 2.46 bits per heavy atom. The smallest absolute Gasteiger partial charge is 0.106 e. The monoisotopic (exact) mass is 180 g/mol. The highest BCUT2D eigenvalue weighted by Crippen LogP contribution is 2.38. The van der Waals surface area contributed by atoms with Crippen LogP contribution in [0.25, 0.3) is 0 Å². The summed E-state index contributed by atoms with van der Waals surface area (Å²) >= 11 is 0. The number of nitrogens with one attached hydrogen (secondary N) is 1. The average molecular weight is 180 g/mol. The minimum absolute atomic E-state index is 0.251. The summed E-state index contributed by atoms with van der Waals surface area (Å²) in [5, 5.41) is 10.3. The van der Waals surface area contributed by atoms with E-state index in [9.17, 15) is 5.11 Å². The van der Waals surface area contributed by atoms with E-state index in [1.165, 1.54) is 5.56 Å². The fourth-order valence-corrected chi connectivity index (χ4v) is 2.19. The Labute approximate surface area is 78.0 Å². The number of aromatic amines is 1. The van der Waals surface area contributed by atoms with Crippen LogP contribution in [0.2, 0.25) is 0 Å². The lowest BCUT2D eigenvalue weighted by atomic mass is 9.74. The van der Waals surface area contributed by atoms with Crippen molar-refractivity contribution in [2.24, 2.45) is 11.7 Å². The van der Waals surface area contributed by atoms with Crippen molar-refractivity contribution >= 4 is 0 Å². The Morgan fingerprint density at radius 3 is 3.15 bits per heavy atom. The quantitative estimate of drug-likeness (QED) is 0.597. The number of nitrogens with two attached hydrogens (primary N) is 1. The molecular weight excluding hydrogens is 164 g/mol. The van der Waals surface area contributed by atoms with Gasteiger partial charge in [-0.2, -0.15) is 0 Å². The third-order valence-corrected chi connectivity index (χ3v) is 3.27. The van der Waals surface area contributed by atoms with Gasteiger partial charge in [-0.1, -0.05) is 6.92 Å². The first kappa shape index (κ1) is 8.78. The molecule has 0 fully saturated rings. The third-order valence-electron chi connectivity index (χ3n) is 3.27. The van der Waals surface area contributed by atoms with Gasteiger partial charge in [0.05, 0.1) is 0 Å². The summed E-state index contributed by atoms with van der Waals surface area (Å²) in [5.74, 6) is 0.251. The normalized spacial score (nSPS) is 33.0. The highest BCUT2D eigenvalue weighted by molar-refractivity contribution is 5.33. The first-order chi connectivity index (χ1) is 6.18. The Balaban J connectivity index is 2.47. The molecule has 72 valence electrons. The van der Waals surface area contributed by atoms with Crippen molar-refractivity contribution < 1.29 is 5.11 Å². The molecule has 2 unspecified atom stereocenters. The standard InChI is InChI=1S/C10H16N2O/c1-7-2-3-8-4-12-5-9(8)10(7,13)6-11/h4-5,7,12-13H,2-3,6,11H2,1H3. The summed E-state index contributed by atoms with van der Waals surface area (Å²) in [6.07, 6.45) is 5.89. The molecule has 2 rings (SSSR count). The molecule has 1 aliphatic carbocycles. The molecule has 3 nitrogen and oxygen atoms in total. The van der Waals surface area contributed by atoms with Gasteiger partial charge >= 0.3 is 0 Å². The van der Waals surface area contributed by atoms with Crippen LogP contribution in [0.5, 0.6) is 0 Å². The molecule has 13 heavy (non-hydrogen) atoms. The minimum atomic E-state index is -0.812. The molecule has 0 spiro atoms. The van der Waals surface area contributed by atoms with E-state index in [0.29, 0.717) is 6.54 Å². The zero-order valence-electron chi connectivity index (χ0n) is 7.88. The molecule has 1 heterocycles. The maximum Gasteiger partial charge on any atom is 0.106 e. The largest absolute Gasteiger partial charge is 0.383 e. The number of hydrogen-bond donors (Lipinski definition) is 3. The zero-order valence-corrected chi connectivity index (χ0v) is 7.88. The van der Waals surface area contributed by atoms with Gasteiger partial charge in [0.2, 0.25) is 0 Å². The lowest BCUT2D eigenvalue weighted by Crippen LogP contribution is -2.43. The van der Waals surface area contributed by atoms with Crippen molar-refractivity contribution in [3.05, 3.63) is 23.5 Å². The number of aromatic nitrogens is 1. The maximum absolute atomic E-state index is 10.3. The number of fused-ring (bicyclic) bond motifs is 1. The summed E-state index contributed by atoms with van der Waals surface area (Å²) < 4.78 is 0. The zero-order chi connectivity index (χ0) is 9.47. The summed E-state index contributed by atoms with van der Waals surface area (Å²) in [6, 6.07) is 0. The Bertz CT molecular complexity index is 308. The van der Waals surface area contributed by atoms with Crippen LogP contribution in [0.4, 0.5) is 0 Å². The van der Waals surface area contributed by atoms with Gasteiger partial charge in [-0.05, 0) is 24.3 Å². The minimum Gasteiger partial charge on any atom is -0.383 e. The molecule has 4 N–H and O–H groups in total. The van der Waals surface area contributed by atoms with Gasteiger partial charge in [-0.3, -0.25) is 0 Å². The molecular formula is C10H16N2O. The summed E-state index contributed by atoms with van der Waals surface area (Å²) in [6.45, 7) is 2.36. The van der Waals surface area contributed by atoms with E-state index < -0.39 is 5.60 Å². The van der Waals surface area contributed by atoms with Crippen LogP contribution in [0.15, 0.2) is 12.4 Å². The number of aryl methyl sites for hydroxylation is 1. The van der Waals surface area contributed by atoms with Crippen LogP contribution in [-0.2, 0) is 12.0 Å².